The largest absolute Gasteiger partial charge is 0.327 e. The fraction of sp³-hybridized carbons (Fsp3) is 1.00. The van der Waals surface area contributed by atoms with Gasteiger partial charge in [0.1, 0.15) is 0 Å². The predicted octanol–water partition coefficient (Wildman–Crippen LogP) is 2.34. The van der Waals surface area contributed by atoms with Gasteiger partial charge in [-0.05, 0) is 25.7 Å². The Balaban J connectivity index is 1.92. The summed E-state index contributed by atoms with van der Waals surface area (Å²) in [5.74, 6) is 0. The maximum absolute atomic E-state index is 12.4. The molecule has 88 valence electrons. The minimum absolute atomic E-state index is 0.210. The van der Waals surface area contributed by atoms with Crippen LogP contribution < -0.4 is 5.73 Å². The van der Waals surface area contributed by atoms with Crippen molar-refractivity contribution in [2.24, 2.45) is 5.73 Å². The van der Waals surface area contributed by atoms with Crippen LogP contribution in [0.4, 0.5) is 0 Å². The van der Waals surface area contributed by atoms with E-state index in [1.54, 1.807) is 0 Å². The third-order valence-electron chi connectivity index (χ3n) is 3.93. The van der Waals surface area contributed by atoms with Crippen LogP contribution in [0.1, 0.15) is 57.8 Å². The fourth-order valence-corrected chi connectivity index (χ4v) is 5.13. The average molecular weight is 229 g/mol. The zero-order valence-corrected chi connectivity index (χ0v) is 10.3. The van der Waals surface area contributed by atoms with Crippen LogP contribution in [-0.2, 0) is 10.8 Å². The Morgan fingerprint density at radius 2 is 1.47 bits per heavy atom. The molecule has 0 amide bonds. The Hall–Kier alpha value is 0.110. The van der Waals surface area contributed by atoms with E-state index in [1.807, 2.05) is 0 Å². The maximum Gasteiger partial charge on any atom is 0.0501 e. The van der Waals surface area contributed by atoms with Crippen molar-refractivity contribution in [1.82, 2.24) is 0 Å². The predicted molar refractivity (Wildman–Crippen MR) is 65.2 cm³/mol. The highest BCUT2D eigenvalue weighted by molar-refractivity contribution is 7.86. The molecule has 15 heavy (non-hydrogen) atoms. The molecule has 2 nitrogen and oxygen atoms in total. The van der Waals surface area contributed by atoms with E-state index in [2.05, 4.69) is 0 Å². The Morgan fingerprint density at radius 3 is 2.13 bits per heavy atom. The Labute approximate surface area is 95.5 Å². The van der Waals surface area contributed by atoms with Crippen LogP contribution in [-0.4, -0.2) is 20.8 Å². The van der Waals surface area contributed by atoms with Crippen molar-refractivity contribution < 1.29 is 4.21 Å². The first-order chi connectivity index (χ1) is 7.29. The van der Waals surface area contributed by atoms with Crippen molar-refractivity contribution in [3.63, 3.8) is 0 Å². The molecule has 0 aromatic heterocycles. The summed E-state index contributed by atoms with van der Waals surface area (Å²) in [6.45, 7) is 0. The standard InChI is InChI=1S/C12H23NOS/c13-11-8-4-5-9-12(11)15(14)10-6-2-1-3-7-10/h10-12H,1-9,13H2. The number of hydrogen-bond donors (Lipinski definition) is 1. The van der Waals surface area contributed by atoms with Crippen LogP contribution in [0.15, 0.2) is 0 Å². The van der Waals surface area contributed by atoms with Gasteiger partial charge in [0, 0.05) is 22.1 Å². The van der Waals surface area contributed by atoms with E-state index in [-0.39, 0.29) is 6.04 Å². The Kier molecular flexibility index (Phi) is 4.21. The van der Waals surface area contributed by atoms with Crippen molar-refractivity contribution >= 4 is 10.8 Å². The fourth-order valence-electron chi connectivity index (χ4n) is 2.96. The average Bonchev–Trinajstić information content (AvgIpc) is 2.30. The quantitative estimate of drug-likeness (QED) is 0.790. The summed E-state index contributed by atoms with van der Waals surface area (Å²) in [4.78, 5) is 0. The summed E-state index contributed by atoms with van der Waals surface area (Å²) in [6, 6.07) is 0.210. The summed E-state index contributed by atoms with van der Waals surface area (Å²) in [6.07, 6.45) is 10.9. The molecule has 2 saturated carbocycles. The van der Waals surface area contributed by atoms with Crippen molar-refractivity contribution in [1.29, 1.82) is 0 Å². The summed E-state index contributed by atoms with van der Waals surface area (Å²) >= 11 is 0. The molecule has 0 bridgehead atoms. The third kappa shape index (κ3) is 2.82. The molecule has 2 rings (SSSR count). The highest BCUT2D eigenvalue weighted by Gasteiger charge is 2.32. The second kappa shape index (κ2) is 5.44. The SMILES string of the molecule is NC1CCCCC1S(=O)C1CCCCC1. The Bertz CT molecular complexity index is 226. The second-order valence-electron chi connectivity index (χ2n) is 5.08. The van der Waals surface area contributed by atoms with Gasteiger partial charge in [0.2, 0.25) is 0 Å². The highest BCUT2D eigenvalue weighted by atomic mass is 32.2. The molecule has 0 aromatic rings. The third-order valence-corrected chi connectivity index (χ3v) is 6.24. The number of rotatable bonds is 2. The maximum atomic E-state index is 12.4. The van der Waals surface area contributed by atoms with E-state index in [9.17, 15) is 4.21 Å². The first kappa shape index (κ1) is 11.6. The lowest BCUT2D eigenvalue weighted by Crippen LogP contribution is -2.43. The molecule has 2 aliphatic rings. The molecule has 0 aromatic carbocycles. The highest BCUT2D eigenvalue weighted by Crippen LogP contribution is 2.29. The summed E-state index contributed by atoms with van der Waals surface area (Å²) in [5, 5.41) is 0.773. The molecule has 3 atom stereocenters. The number of hydrogen-bond acceptors (Lipinski definition) is 2. The van der Waals surface area contributed by atoms with Gasteiger partial charge in [0.15, 0.2) is 0 Å². The van der Waals surface area contributed by atoms with Gasteiger partial charge in [0.05, 0.1) is 5.25 Å². The normalized spacial score (nSPS) is 36.3. The van der Waals surface area contributed by atoms with Gasteiger partial charge in [-0.25, -0.2) is 0 Å². The van der Waals surface area contributed by atoms with Crippen LogP contribution in [0.3, 0.4) is 0 Å². The first-order valence-electron chi connectivity index (χ1n) is 6.44. The van der Waals surface area contributed by atoms with Gasteiger partial charge < -0.3 is 5.73 Å². The Morgan fingerprint density at radius 1 is 0.867 bits per heavy atom. The molecule has 2 fully saturated rings. The molecule has 2 aliphatic carbocycles. The van der Waals surface area contributed by atoms with Crippen molar-refractivity contribution in [3.8, 4) is 0 Å². The van der Waals surface area contributed by atoms with E-state index in [4.69, 9.17) is 5.73 Å². The molecule has 2 N–H and O–H groups in total. The van der Waals surface area contributed by atoms with E-state index in [0.29, 0.717) is 10.5 Å². The minimum atomic E-state index is -0.648. The molecule has 3 unspecified atom stereocenters. The van der Waals surface area contributed by atoms with E-state index in [0.717, 1.165) is 12.8 Å². The molecule has 0 aliphatic heterocycles. The van der Waals surface area contributed by atoms with Crippen molar-refractivity contribution in [2.75, 3.05) is 0 Å². The zero-order valence-electron chi connectivity index (χ0n) is 9.49. The molecule has 0 saturated heterocycles. The lowest BCUT2D eigenvalue weighted by molar-refractivity contribution is 0.435. The molecule has 0 heterocycles. The summed E-state index contributed by atoms with van der Waals surface area (Å²) < 4.78 is 12.4. The van der Waals surface area contributed by atoms with Gasteiger partial charge in [-0.1, -0.05) is 32.1 Å². The second-order valence-corrected chi connectivity index (χ2v) is 7.00. The topological polar surface area (TPSA) is 43.1 Å². The van der Waals surface area contributed by atoms with Gasteiger partial charge in [0.25, 0.3) is 0 Å². The lowest BCUT2D eigenvalue weighted by atomic mass is 9.96. The van der Waals surface area contributed by atoms with Crippen LogP contribution in [0.5, 0.6) is 0 Å². The van der Waals surface area contributed by atoms with Gasteiger partial charge in [-0.15, -0.1) is 0 Å². The first-order valence-corrected chi connectivity index (χ1v) is 7.71. The molecular weight excluding hydrogens is 206 g/mol. The van der Waals surface area contributed by atoms with Gasteiger partial charge >= 0.3 is 0 Å². The van der Waals surface area contributed by atoms with Crippen LogP contribution in [0.2, 0.25) is 0 Å². The van der Waals surface area contributed by atoms with Crippen LogP contribution in [0.25, 0.3) is 0 Å². The van der Waals surface area contributed by atoms with Crippen molar-refractivity contribution in [2.45, 2.75) is 74.3 Å². The van der Waals surface area contributed by atoms with Gasteiger partial charge in [-0.3, -0.25) is 4.21 Å². The summed E-state index contributed by atoms with van der Waals surface area (Å²) in [5.41, 5.74) is 6.09. The smallest absolute Gasteiger partial charge is 0.0501 e. The minimum Gasteiger partial charge on any atom is -0.327 e. The molecule has 0 spiro atoms. The zero-order chi connectivity index (χ0) is 10.7. The van der Waals surface area contributed by atoms with Crippen molar-refractivity contribution in [3.05, 3.63) is 0 Å². The number of nitrogens with two attached hydrogens (primary N) is 1. The molecular formula is C12H23NOS. The molecule has 3 heteroatoms. The summed E-state index contributed by atoms with van der Waals surface area (Å²) in [7, 11) is -0.648. The van der Waals surface area contributed by atoms with E-state index in [1.165, 1.54) is 44.9 Å². The van der Waals surface area contributed by atoms with Crippen LogP contribution in [0, 0.1) is 0 Å². The van der Waals surface area contributed by atoms with E-state index >= 15 is 0 Å². The monoisotopic (exact) mass is 229 g/mol. The van der Waals surface area contributed by atoms with Gasteiger partial charge in [-0.2, -0.15) is 0 Å². The molecule has 0 radical (unpaired) electrons. The lowest BCUT2D eigenvalue weighted by Gasteiger charge is -2.32. The van der Waals surface area contributed by atoms with Crippen LogP contribution >= 0.6 is 0 Å². The van der Waals surface area contributed by atoms with E-state index < -0.39 is 10.8 Å².